The van der Waals surface area contributed by atoms with Crippen LogP contribution in [0.15, 0.2) is 48.5 Å². The summed E-state index contributed by atoms with van der Waals surface area (Å²) in [6.45, 7) is -0.359. The Hall–Kier alpha value is -3.76. The van der Waals surface area contributed by atoms with Gasteiger partial charge in [0.25, 0.3) is 0 Å². The van der Waals surface area contributed by atoms with E-state index in [2.05, 4.69) is 20.3 Å². The lowest BCUT2D eigenvalue weighted by atomic mass is 10.1. The number of esters is 1. The average Bonchev–Trinajstić information content (AvgIpc) is 2.67. The molecule has 0 saturated carbocycles. The maximum atomic E-state index is 13.0. The largest absolute Gasteiger partial charge is 0.457 e. The summed E-state index contributed by atoms with van der Waals surface area (Å²) < 4.78 is 56.3. The second-order valence-corrected chi connectivity index (χ2v) is 6.10. The molecule has 3 rings (SSSR count). The van der Waals surface area contributed by atoms with E-state index >= 15 is 0 Å². The van der Waals surface area contributed by atoms with Gasteiger partial charge in [0.05, 0.1) is 12.0 Å². The molecule has 3 aromatic rings. The molecule has 0 aliphatic heterocycles. The first-order valence-corrected chi connectivity index (χ1v) is 8.54. The van der Waals surface area contributed by atoms with Gasteiger partial charge in [0.15, 0.2) is 12.4 Å². The number of alkyl halides is 3. The van der Waals surface area contributed by atoms with Crippen LogP contribution in [0.4, 0.5) is 35.1 Å². The summed E-state index contributed by atoms with van der Waals surface area (Å²) >= 11 is 0. The summed E-state index contributed by atoms with van der Waals surface area (Å²) in [5, 5.41) is 2.80. The minimum absolute atomic E-state index is 0.0319. The number of halogens is 4. The average molecular weight is 421 g/mol. The summed E-state index contributed by atoms with van der Waals surface area (Å²) in [6.07, 6.45) is -4.86. The third-order valence-electron chi connectivity index (χ3n) is 3.76. The standard InChI is InChI=1S/C19H15F4N5O2/c20-13-4-6-14(7-5-13)25-18-27-15(26-17(24)28-18)10-30-16(29)9-11-2-1-3-12(8-11)19(21,22)23/h1-8H,9-10H2,(H3,24,25,26,27,28). The number of rotatable bonds is 6. The smallest absolute Gasteiger partial charge is 0.416 e. The molecule has 7 nitrogen and oxygen atoms in total. The van der Waals surface area contributed by atoms with Gasteiger partial charge in [-0.15, -0.1) is 0 Å². The number of anilines is 3. The van der Waals surface area contributed by atoms with Gasteiger partial charge in [-0.2, -0.15) is 28.1 Å². The van der Waals surface area contributed by atoms with E-state index in [9.17, 15) is 22.4 Å². The molecule has 0 atom stereocenters. The number of carbonyl (C=O) groups is 1. The number of benzene rings is 2. The van der Waals surface area contributed by atoms with Gasteiger partial charge in [-0.05, 0) is 35.9 Å². The molecule has 0 fully saturated rings. The molecule has 0 amide bonds. The zero-order valence-electron chi connectivity index (χ0n) is 15.3. The summed E-state index contributed by atoms with van der Waals surface area (Å²) in [5.74, 6) is -1.23. The van der Waals surface area contributed by atoms with E-state index in [4.69, 9.17) is 10.5 Å². The van der Waals surface area contributed by atoms with Crippen LogP contribution in [0.25, 0.3) is 0 Å². The van der Waals surface area contributed by atoms with Crippen molar-refractivity contribution in [3.05, 3.63) is 71.3 Å². The van der Waals surface area contributed by atoms with Gasteiger partial charge in [-0.25, -0.2) is 4.39 Å². The molecule has 0 aliphatic carbocycles. The third kappa shape index (κ3) is 5.87. The van der Waals surface area contributed by atoms with Crippen molar-refractivity contribution >= 4 is 23.6 Å². The van der Waals surface area contributed by atoms with Gasteiger partial charge in [-0.3, -0.25) is 4.79 Å². The summed E-state index contributed by atoms with van der Waals surface area (Å²) in [6, 6.07) is 9.81. The summed E-state index contributed by atoms with van der Waals surface area (Å²) in [5.41, 5.74) is 5.41. The van der Waals surface area contributed by atoms with E-state index in [0.29, 0.717) is 5.69 Å². The molecule has 0 aliphatic rings. The van der Waals surface area contributed by atoms with E-state index in [0.717, 1.165) is 12.1 Å². The van der Waals surface area contributed by atoms with Crippen molar-refractivity contribution in [2.75, 3.05) is 11.1 Å². The van der Waals surface area contributed by atoms with Crippen LogP contribution in [0.3, 0.4) is 0 Å². The van der Waals surface area contributed by atoms with Crippen LogP contribution in [0.1, 0.15) is 17.0 Å². The molecule has 1 heterocycles. The number of hydrogen-bond donors (Lipinski definition) is 2. The van der Waals surface area contributed by atoms with E-state index in [1.54, 1.807) is 0 Å². The van der Waals surface area contributed by atoms with Gasteiger partial charge < -0.3 is 15.8 Å². The third-order valence-corrected chi connectivity index (χ3v) is 3.76. The fraction of sp³-hybridized carbons (Fsp3) is 0.158. The molecule has 0 saturated heterocycles. The predicted octanol–water partition coefficient (Wildman–Crippen LogP) is 3.64. The molecule has 30 heavy (non-hydrogen) atoms. The molecule has 0 radical (unpaired) electrons. The Balaban J connectivity index is 1.62. The molecular weight excluding hydrogens is 406 g/mol. The summed E-state index contributed by atoms with van der Waals surface area (Å²) in [4.78, 5) is 23.8. The van der Waals surface area contributed by atoms with Crippen LogP contribution >= 0.6 is 0 Å². The van der Waals surface area contributed by atoms with Crippen molar-refractivity contribution in [3.8, 4) is 0 Å². The Morgan fingerprint density at radius 3 is 2.50 bits per heavy atom. The van der Waals surface area contributed by atoms with E-state index < -0.39 is 23.5 Å². The fourth-order valence-corrected chi connectivity index (χ4v) is 2.44. The number of carbonyl (C=O) groups excluding carboxylic acids is 1. The highest BCUT2D eigenvalue weighted by molar-refractivity contribution is 5.72. The first-order chi connectivity index (χ1) is 14.2. The minimum atomic E-state index is -4.50. The molecule has 0 unspecified atom stereocenters. The topological polar surface area (TPSA) is 103 Å². The first kappa shape index (κ1) is 21.0. The van der Waals surface area contributed by atoms with Crippen LogP contribution in [0.5, 0.6) is 0 Å². The van der Waals surface area contributed by atoms with Crippen molar-refractivity contribution in [2.24, 2.45) is 0 Å². The van der Waals surface area contributed by atoms with Crippen molar-refractivity contribution < 1.29 is 27.1 Å². The van der Waals surface area contributed by atoms with Crippen LogP contribution in [-0.4, -0.2) is 20.9 Å². The molecule has 1 aromatic heterocycles. The molecule has 0 bridgehead atoms. The Bertz CT molecular complexity index is 1040. The molecule has 0 spiro atoms. The lowest BCUT2D eigenvalue weighted by Gasteiger charge is -2.09. The Morgan fingerprint density at radius 2 is 1.80 bits per heavy atom. The minimum Gasteiger partial charge on any atom is -0.457 e. The van der Waals surface area contributed by atoms with Gasteiger partial charge in [0, 0.05) is 5.69 Å². The van der Waals surface area contributed by atoms with E-state index in [1.165, 1.54) is 36.4 Å². The second-order valence-electron chi connectivity index (χ2n) is 6.10. The zero-order valence-corrected chi connectivity index (χ0v) is 15.3. The maximum Gasteiger partial charge on any atom is 0.416 e. The lowest BCUT2D eigenvalue weighted by Crippen LogP contribution is -2.13. The maximum absolute atomic E-state index is 13.0. The monoisotopic (exact) mass is 421 g/mol. The number of nitrogens with one attached hydrogen (secondary N) is 1. The highest BCUT2D eigenvalue weighted by Gasteiger charge is 2.30. The van der Waals surface area contributed by atoms with Crippen LogP contribution in [0, 0.1) is 5.82 Å². The SMILES string of the molecule is Nc1nc(COC(=O)Cc2cccc(C(F)(F)F)c2)nc(Nc2ccc(F)cc2)n1. The van der Waals surface area contributed by atoms with E-state index in [1.807, 2.05) is 0 Å². The van der Waals surface area contributed by atoms with E-state index in [-0.39, 0.29) is 36.3 Å². The normalized spacial score (nSPS) is 11.2. The van der Waals surface area contributed by atoms with Crippen LogP contribution in [0.2, 0.25) is 0 Å². The molecular formula is C19H15F4N5O2. The Morgan fingerprint density at radius 1 is 1.07 bits per heavy atom. The number of aromatic nitrogens is 3. The first-order valence-electron chi connectivity index (χ1n) is 8.54. The molecule has 2 aromatic carbocycles. The fourth-order valence-electron chi connectivity index (χ4n) is 2.44. The van der Waals surface area contributed by atoms with Crippen molar-refractivity contribution in [3.63, 3.8) is 0 Å². The molecule has 11 heteroatoms. The number of nitrogen functional groups attached to an aromatic ring is 1. The van der Waals surface area contributed by atoms with Crippen molar-refractivity contribution in [1.82, 2.24) is 15.0 Å². The second kappa shape index (κ2) is 8.72. The predicted molar refractivity (Wildman–Crippen MR) is 98.9 cm³/mol. The van der Waals surface area contributed by atoms with Gasteiger partial charge in [0.2, 0.25) is 11.9 Å². The quantitative estimate of drug-likeness (QED) is 0.463. The van der Waals surface area contributed by atoms with Gasteiger partial charge in [-0.1, -0.05) is 18.2 Å². The van der Waals surface area contributed by atoms with Crippen molar-refractivity contribution in [1.29, 1.82) is 0 Å². The van der Waals surface area contributed by atoms with Crippen molar-refractivity contribution in [2.45, 2.75) is 19.2 Å². The molecule has 156 valence electrons. The number of nitrogens with two attached hydrogens (primary N) is 1. The zero-order chi connectivity index (χ0) is 21.7. The Labute approximate surface area is 167 Å². The lowest BCUT2D eigenvalue weighted by molar-refractivity contribution is -0.144. The number of hydrogen-bond acceptors (Lipinski definition) is 7. The van der Waals surface area contributed by atoms with Crippen LogP contribution < -0.4 is 11.1 Å². The van der Waals surface area contributed by atoms with Gasteiger partial charge >= 0.3 is 12.1 Å². The Kier molecular flexibility index (Phi) is 6.09. The number of ether oxygens (including phenoxy) is 1. The molecule has 3 N–H and O–H groups in total. The number of nitrogens with zero attached hydrogens (tertiary/aromatic N) is 3. The highest BCUT2D eigenvalue weighted by atomic mass is 19.4. The highest BCUT2D eigenvalue weighted by Crippen LogP contribution is 2.29. The van der Waals surface area contributed by atoms with Gasteiger partial charge in [0.1, 0.15) is 5.82 Å². The summed E-state index contributed by atoms with van der Waals surface area (Å²) in [7, 11) is 0. The van der Waals surface area contributed by atoms with Crippen LogP contribution in [-0.2, 0) is 28.7 Å².